The summed E-state index contributed by atoms with van der Waals surface area (Å²) >= 11 is 2.05. The van der Waals surface area contributed by atoms with Crippen LogP contribution in [0.4, 0.5) is 0 Å². The maximum Gasteiger partial charge on any atom is 0.339 e. The van der Waals surface area contributed by atoms with Crippen LogP contribution < -0.4 is 0 Å². The van der Waals surface area contributed by atoms with Gasteiger partial charge in [-0.3, -0.25) is 0 Å². The van der Waals surface area contributed by atoms with E-state index in [1.165, 1.54) is 0 Å². The molecule has 0 spiro atoms. The summed E-state index contributed by atoms with van der Waals surface area (Å²) in [6.45, 7) is 4.02. The first-order valence-electron chi connectivity index (χ1n) is 5.04. The van der Waals surface area contributed by atoms with Crippen LogP contribution in [0.1, 0.15) is 35.3 Å². The van der Waals surface area contributed by atoms with E-state index in [0.717, 1.165) is 9.13 Å². The summed E-state index contributed by atoms with van der Waals surface area (Å²) in [6, 6.07) is 5.79. The van der Waals surface area contributed by atoms with Crippen molar-refractivity contribution in [3.8, 4) is 6.07 Å². The van der Waals surface area contributed by atoms with Crippen molar-refractivity contribution in [3.63, 3.8) is 0 Å². The minimum absolute atomic E-state index is 0.318. The Kier molecular flexibility index (Phi) is 4.74. The normalized spacial score (nSPS) is 9.62. The molecule has 84 valence electrons. The number of carbonyl (C=O) groups excluding carboxylic acids is 1. The third-order valence-electron chi connectivity index (χ3n) is 2.21. The van der Waals surface area contributed by atoms with Gasteiger partial charge in [0.05, 0.1) is 17.7 Å². The number of rotatable bonds is 3. The molecule has 0 aliphatic rings. The monoisotopic (exact) mass is 329 g/mol. The predicted molar refractivity (Wildman–Crippen MR) is 69.2 cm³/mol. The smallest absolute Gasteiger partial charge is 0.339 e. The van der Waals surface area contributed by atoms with E-state index in [4.69, 9.17) is 10.00 Å². The Balaban J connectivity index is 3.37. The lowest BCUT2D eigenvalue weighted by atomic mass is 10.00. The maximum atomic E-state index is 11.8. The number of nitrogens with zero attached hydrogens (tertiary/aromatic N) is 1. The average molecular weight is 329 g/mol. The van der Waals surface area contributed by atoms with Gasteiger partial charge in [0.1, 0.15) is 6.07 Å². The molecule has 1 aromatic rings. The fourth-order valence-electron chi connectivity index (χ4n) is 1.46. The van der Waals surface area contributed by atoms with Gasteiger partial charge in [-0.1, -0.05) is 13.0 Å². The fraction of sp³-hybridized carbons (Fsp3) is 0.333. The SMILES string of the molecule is CCOC(=O)c1c(CC)ccc(I)c1C#N. The van der Waals surface area contributed by atoms with E-state index in [-0.39, 0.29) is 0 Å². The van der Waals surface area contributed by atoms with Gasteiger partial charge in [-0.25, -0.2) is 4.79 Å². The molecule has 0 atom stereocenters. The Bertz CT molecular complexity index is 449. The molecule has 0 saturated carbocycles. The molecule has 0 aliphatic heterocycles. The average Bonchev–Trinajstić information content (AvgIpc) is 2.28. The molecule has 4 heteroatoms. The van der Waals surface area contributed by atoms with Crippen LogP contribution in [0, 0.1) is 14.9 Å². The minimum atomic E-state index is -0.408. The Labute approximate surface area is 109 Å². The number of ether oxygens (including phenoxy) is 1. The van der Waals surface area contributed by atoms with Crippen molar-refractivity contribution in [1.82, 2.24) is 0 Å². The number of halogens is 1. The summed E-state index contributed by atoms with van der Waals surface area (Å²) < 4.78 is 5.75. The molecular weight excluding hydrogens is 317 g/mol. The first-order chi connectivity index (χ1) is 7.65. The molecule has 0 aromatic heterocycles. The zero-order valence-corrected chi connectivity index (χ0v) is 11.4. The molecule has 0 unspecified atom stereocenters. The molecule has 1 rings (SSSR count). The largest absolute Gasteiger partial charge is 0.462 e. The van der Waals surface area contributed by atoms with Gasteiger partial charge in [-0.05, 0) is 47.6 Å². The van der Waals surface area contributed by atoms with Crippen LogP contribution in [0.2, 0.25) is 0 Å². The van der Waals surface area contributed by atoms with Gasteiger partial charge in [0.25, 0.3) is 0 Å². The summed E-state index contributed by atoms with van der Waals surface area (Å²) in [7, 11) is 0. The lowest BCUT2D eigenvalue weighted by molar-refractivity contribution is 0.0524. The van der Waals surface area contributed by atoms with Crippen molar-refractivity contribution in [3.05, 3.63) is 32.4 Å². The van der Waals surface area contributed by atoms with Gasteiger partial charge < -0.3 is 4.74 Å². The Morgan fingerprint density at radius 3 is 2.69 bits per heavy atom. The van der Waals surface area contributed by atoms with Crippen molar-refractivity contribution in [2.45, 2.75) is 20.3 Å². The highest BCUT2D eigenvalue weighted by Gasteiger charge is 2.18. The van der Waals surface area contributed by atoms with E-state index in [9.17, 15) is 4.79 Å². The molecule has 0 N–H and O–H groups in total. The van der Waals surface area contributed by atoms with Crippen LogP contribution in [-0.2, 0) is 11.2 Å². The molecule has 0 saturated heterocycles. The molecule has 0 heterocycles. The van der Waals surface area contributed by atoms with Gasteiger partial charge in [-0.2, -0.15) is 5.26 Å². The number of hydrogen-bond donors (Lipinski definition) is 0. The van der Waals surface area contributed by atoms with Crippen molar-refractivity contribution >= 4 is 28.6 Å². The molecule has 0 aliphatic carbocycles. The third-order valence-corrected chi connectivity index (χ3v) is 3.11. The second-order valence-corrected chi connectivity index (χ2v) is 4.30. The van der Waals surface area contributed by atoms with Crippen molar-refractivity contribution in [2.24, 2.45) is 0 Å². The fourth-order valence-corrected chi connectivity index (χ4v) is 2.03. The van der Waals surface area contributed by atoms with Gasteiger partial charge in [0.15, 0.2) is 0 Å². The lowest BCUT2D eigenvalue weighted by Crippen LogP contribution is -2.11. The van der Waals surface area contributed by atoms with Gasteiger partial charge in [0.2, 0.25) is 0 Å². The Morgan fingerprint density at radius 2 is 2.19 bits per heavy atom. The maximum absolute atomic E-state index is 11.8. The van der Waals surface area contributed by atoms with E-state index >= 15 is 0 Å². The summed E-state index contributed by atoms with van der Waals surface area (Å²) in [4.78, 5) is 11.8. The van der Waals surface area contributed by atoms with Crippen LogP contribution in [-0.4, -0.2) is 12.6 Å². The second kappa shape index (κ2) is 5.85. The number of nitriles is 1. The summed E-state index contributed by atoms with van der Waals surface area (Å²) in [5, 5.41) is 9.07. The van der Waals surface area contributed by atoms with E-state index in [1.54, 1.807) is 6.92 Å². The van der Waals surface area contributed by atoms with Crippen molar-refractivity contribution in [1.29, 1.82) is 5.26 Å². The molecule has 0 fully saturated rings. The van der Waals surface area contributed by atoms with Crippen LogP contribution in [0.3, 0.4) is 0 Å². The topological polar surface area (TPSA) is 50.1 Å². The van der Waals surface area contributed by atoms with Gasteiger partial charge in [0, 0.05) is 3.57 Å². The number of esters is 1. The molecule has 0 radical (unpaired) electrons. The molecule has 3 nitrogen and oxygen atoms in total. The van der Waals surface area contributed by atoms with Crippen LogP contribution in [0.15, 0.2) is 12.1 Å². The highest BCUT2D eigenvalue weighted by atomic mass is 127. The molecule has 16 heavy (non-hydrogen) atoms. The molecule has 0 bridgehead atoms. The van der Waals surface area contributed by atoms with Crippen molar-refractivity contribution < 1.29 is 9.53 Å². The summed E-state index contributed by atoms with van der Waals surface area (Å²) in [5.41, 5.74) is 1.69. The van der Waals surface area contributed by atoms with Gasteiger partial charge in [-0.15, -0.1) is 0 Å². The number of hydrogen-bond acceptors (Lipinski definition) is 3. The van der Waals surface area contributed by atoms with E-state index in [1.807, 2.05) is 19.1 Å². The second-order valence-electron chi connectivity index (χ2n) is 3.14. The zero-order valence-electron chi connectivity index (χ0n) is 9.21. The minimum Gasteiger partial charge on any atom is -0.462 e. The van der Waals surface area contributed by atoms with Gasteiger partial charge >= 0.3 is 5.97 Å². The standard InChI is InChI=1S/C12H12INO2/c1-3-8-5-6-10(13)9(7-14)11(8)12(15)16-4-2/h5-6H,3-4H2,1-2H3. The van der Waals surface area contributed by atoms with Crippen LogP contribution in [0.5, 0.6) is 0 Å². The molecular formula is C12H12INO2. The third kappa shape index (κ3) is 2.53. The van der Waals surface area contributed by atoms with Crippen LogP contribution >= 0.6 is 22.6 Å². The highest BCUT2D eigenvalue weighted by molar-refractivity contribution is 14.1. The first-order valence-corrected chi connectivity index (χ1v) is 6.12. The summed E-state index contributed by atoms with van der Waals surface area (Å²) in [5.74, 6) is -0.408. The first kappa shape index (κ1) is 13.0. The summed E-state index contributed by atoms with van der Waals surface area (Å²) in [6.07, 6.45) is 0.708. The van der Waals surface area contributed by atoms with Crippen molar-refractivity contribution in [2.75, 3.05) is 6.61 Å². The zero-order chi connectivity index (χ0) is 12.1. The Hall–Kier alpha value is -1.09. The quantitative estimate of drug-likeness (QED) is 0.633. The Morgan fingerprint density at radius 1 is 1.50 bits per heavy atom. The number of benzene rings is 1. The predicted octanol–water partition coefficient (Wildman–Crippen LogP) is 2.90. The van der Waals surface area contributed by atoms with E-state index in [0.29, 0.717) is 24.2 Å². The van der Waals surface area contributed by atoms with Crippen LogP contribution in [0.25, 0.3) is 0 Å². The number of aryl methyl sites for hydroxylation is 1. The lowest BCUT2D eigenvalue weighted by Gasteiger charge is -2.10. The van der Waals surface area contributed by atoms with E-state index in [2.05, 4.69) is 28.7 Å². The molecule has 1 aromatic carbocycles. The number of carbonyl (C=O) groups is 1. The molecule has 0 amide bonds. The highest BCUT2D eigenvalue weighted by Crippen LogP contribution is 2.22. The van der Waals surface area contributed by atoms with E-state index < -0.39 is 5.97 Å².